The van der Waals surface area contributed by atoms with Crippen LogP contribution in [0, 0.1) is 0 Å². The highest BCUT2D eigenvalue weighted by Crippen LogP contribution is 2.32. The van der Waals surface area contributed by atoms with Crippen molar-refractivity contribution in [3.05, 3.63) is 81.5 Å². The lowest BCUT2D eigenvalue weighted by Gasteiger charge is -2.33. The van der Waals surface area contributed by atoms with Crippen LogP contribution >= 0.6 is 11.6 Å². The largest absolute Gasteiger partial charge is 0.365 e. The number of aromatic nitrogens is 2. The van der Waals surface area contributed by atoms with Crippen LogP contribution in [0.1, 0.15) is 17.5 Å². The summed E-state index contributed by atoms with van der Waals surface area (Å²) in [5.41, 5.74) is 5.12. The predicted octanol–water partition coefficient (Wildman–Crippen LogP) is 3.56. The first kappa shape index (κ1) is 18.4. The first-order valence-corrected chi connectivity index (χ1v) is 9.55. The summed E-state index contributed by atoms with van der Waals surface area (Å²) in [6.07, 6.45) is 8.03. The van der Waals surface area contributed by atoms with E-state index >= 15 is 0 Å². The van der Waals surface area contributed by atoms with Crippen LogP contribution in [-0.4, -0.2) is 28.9 Å². The average Bonchev–Trinajstić information content (AvgIpc) is 2.72. The van der Waals surface area contributed by atoms with Crippen molar-refractivity contribution in [1.29, 1.82) is 0 Å². The van der Waals surface area contributed by atoms with E-state index in [2.05, 4.69) is 23.2 Å². The molecule has 1 unspecified atom stereocenters. The van der Waals surface area contributed by atoms with Gasteiger partial charge in [0.25, 0.3) is 5.56 Å². The lowest BCUT2D eigenvalue weighted by atomic mass is 9.93. The number of aldehydes is 1. The Balaban J connectivity index is 1.64. The second-order valence-electron chi connectivity index (χ2n) is 7.07. The maximum atomic E-state index is 12.2. The second-order valence-corrected chi connectivity index (χ2v) is 7.47. The number of nitrogens with zero attached hydrogens (tertiary/aromatic N) is 3. The first-order chi connectivity index (χ1) is 13.6. The van der Waals surface area contributed by atoms with Gasteiger partial charge in [-0.3, -0.25) is 9.78 Å². The Morgan fingerprint density at radius 2 is 2.07 bits per heavy atom. The van der Waals surface area contributed by atoms with Gasteiger partial charge < -0.3 is 14.3 Å². The number of likely N-dealkylation sites (N-methyl/N-ethyl adjacent to an activating group) is 1. The quantitative estimate of drug-likeness (QED) is 0.636. The molecule has 3 heterocycles. The molecule has 1 aromatic carbocycles. The molecular weight excluding hydrogens is 374 g/mol. The highest BCUT2D eigenvalue weighted by Gasteiger charge is 2.23. The second kappa shape index (κ2) is 7.60. The van der Waals surface area contributed by atoms with E-state index in [4.69, 9.17) is 11.6 Å². The molecule has 2 aromatic heterocycles. The lowest BCUT2D eigenvalue weighted by molar-refractivity contribution is -0.109. The van der Waals surface area contributed by atoms with Crippen LogP contribution in [0.3, 0.4) is 0 Å². The van der Waals surface area contributed by atoms with Gasteiger partial charge in [-0.05, 0) is 59.9 Å². The molecule has 5 nitrogen and oxygen atoms in total. The summed E-state index contributed by atoms with van der Waals surface area (Å²) in [6.45, 7) is 0.412. The molecule has 3 aromatic rings. The van der Waals surface area contributed by atoms with Gasteiger partial charge in [0.15, 0.2) is 0 Å². The molecule has 0 fully saturated rings. The smallest absolute Gasteiger partial charge is 0.269 e. The zero-order valence-corrected chi connectivity index (χ0v) is 16.3. The van der Waals surface area contributed by atoms with E-state index in [1.165, 1.54) is 5.56 Å². The number of pyridine rings is 2. The molecule has 0 saturated heterocycles. The molecule has 0 radical (unpaired) electrons. The van der Waals surface area contributed by atoms with Crippen molar-refractivity contribution >= 4 is 23.6 Å². The fraction of sp³-hybridized carbons (Fsp3) is 0.227. The minimum absolute atomic E-state index is 0.0562. The van der Waals surface area contributed by atoms with Gasteiger partial charge in [0.05, 0.1) is 12.6 Å². The van der Waals surface area contributed by atoms with Gasteiger partial charge in [0.1, 0.15) is 11.3 Å². The number of anilines is 1. The Hall–Kier alpha value is -2.92. The monoisotopic (exact) mass is 393 g/mol. The summed E-state index contributed by atoms with van der Waals surface area (Å²) in [7, 11) is 1.96. The minimum atomic E-state index is -0.212. The third kappa shape index (κ3) is 3.45. The topological polar surface area (TPSA) is 55.2 Å². The van der Waals surface area contributed by atoms with Crippen LogP contribution in [0.2, 0.25) is 5.02 Å². The average molecular weight is 394 g/mol. The Morgan fingerprint density at radius 3 is 2.89 bits per heavy atom. The van der Waals surface area contributed by atoms with E-state index in [1.807, 2.05) is 24.2 Å². The fourth-order valence-electron chi connectivity index (χ4n) is 3.71. The number of rotatable bonds is 4. The molecule has 0 aliphatic carbocycles. The Morgan fingerprint density at radius 1 is 1.21 bits per heavy atom. The zero-order chi connectivity index (χ0) is 19.7. The van der Waals surface area contributed by atoms with Crippen LogP contribution < -0.4 is 10.5 Å². The summed E-state index contributed by atoms with van der Waals surface area (Å²) in [4.78, 5) is 29.8. The highest BCUT2D eigenvalue weighted by molar-refractivity contribution is 6.30. The van der Waals surface area contributed by atoms with Crippen LogP contribution in [-0.2, 0) is 17.8 Å². The molecule has 0 spiro atoms. The molecule has 0 N–H and O–H groups in total. The number of aryl methyl sites for hydroxylation is 1. The number of carbonyl (C=O) groups is 1. The predicted molar refractivity (Wildman–Crippen MR) is 111 cm³/mol. The van der Waals surface area contributed by atoms with E-state index < -0.39 is 0 Å². The Kier molecular flexibility index (Phi) is 5.01. The van der Waals surface area contributed by atoms with Gasteiger partial charge in [-0.1, -0.05) is 17.7 Å². The number of fused-ring (bicyclic) bond motifs is 1. The highest BCUT2D eigenvalue weighted by atomic mass is 35.5. The van der Waals surface area contributed by atoms with Gasteiger partial charge in [-0.25, -0.2) is 0 Å². The van der Waals surface area contributed by atoms with Crippen LogP contribution in [0.25, 0.3) is 11.1 Å². The molecule has 0 bridgehead atoms. The van der Waals surface area contributed by atoms with E-state index in [9.17, 15) is 9.59 Å². The van der Waals surface area contributed by atoms with Gasteiger partial charge in [0, 0.05) is 36.9 Å². The third-order valence-electron chi connectivity index (χ3n) is 5.28. The molecule has 142 valence electrons. The summed E-state index contributed by atoms with van der Waals surface area (Å²) < 4.78 is 1.57. The summed E-state index contributed by atoms with van der Waals surface area (Å²) >= 11 is 5.93. The number of carbonyl (C=O) groups excluding carboxylic acids is 1. The fourth-order valence-corrected chi connectivity index (χ4v) is 3.89. The normalized spacial score (nSPS) is 15.9. The Labute approximate surface area is 168 Å². The van der Waals surface area contributed by atoms with Crippen molar-refractivity contribution in [3.63, 3.8) is 0 Å². The van der Waals surface area contributed by atoms with Gasteiger partial charge in [-0.15, -0.1) is 0 Å². The molecule has 4 rings (SSSR count). The third-order valence-corrected chi connectivity index (χ3v) is 5.57. The SMILES string of the molecule is CN1c2ccc(-c3cncc(Cn4cccc(Cl)c4=O)c3)cc2CCC1C=O. The van der Waals surface area contributed by atoms with E-state index in [0.717, 1.165) is 41.5 Å². The molecular formula is C22H20ClN3O2. The van der Waals surface area contributed by atoms with Crippen molar-refractivity contribution in [3.8, 4) is 11.1 Å². The van der Waals surface area contributed by atoms with Crippen LogP contribution in [0.15, 0.2) is 59.8 Å². The molecule has 1 aliphatic rings. The lowest BCUT2D eigenvalue weighted by Crippen LogP contribution is -2.37. The zero-order valence-electron chi connectivity index (χ0n) is 15.5. The van der Waals surface area contributed by atoms with E-state index in [0.29, 0.717) is 6.54 Å². The van der Waals surface area contributed by atoms with Gasteiger partial charge >= 0.3 is 0 Å². The van der Waals surface area contributed by atoms with Crippen LogP contribution in [0.5, 0.6) is 0 Å². The molecule has 1 atom stereocenters. The van der Waals surface area contributed by atoms with E-state index in [1.54, 1.807) is 29.1 Å². The molecule has 28 heavy (non-hydrogen) atoms. The van der Waals surface area contributed by atoms with Crippen molar-refractivity contribution < 1.29 is 4.79 Å². The van der Waals surface area contributed by atoms with Crippen molar-refractivity contribution in [2.75, 3.05) is 11.9 Å². The van der Waals surface area contributed by atoms with Crippen LogP contribution in [0.4, 0.5) is 5.69 Å². The molecule has 0 saturated carbocycles. The summed E-state index contributed by atoms with van der Waals surface area (Å²) in [5, 5.41) is 0.207. The Bertz CT molecular complexity index is 1090. The molecule has 1 aliphatic heterocycles. The van der Waals surface area contributed by atoms with Crippen molar-refractivity contribution in [2.24, 2.45) is 0 Å². The standard InChI is InChI=1S/C22H20ClN3O2/c1-25-19(14-27)6-4-17-10-16(5-7-21(17)25)18-9-15(11-24-12-18)13-26-8-2-3-20(23)22(26)28/h2-3,5,7-12,14,19H,4,6,13H2,1H3. The summed E-state index contributed by atoms with van der Waals surface area (Å²) in [5.74, 6) is 0. The minimum Gasteiger partial charge on any atom is -0.365 e. The maximum absolute atomic E-state index is 12.2. The first-order valence-electron chi connectivity index (χ1n) is 9.17. The van der Waals surface area contributed by atoms with Gasteiger partial charge in [0.2, 0.25) is 0 Å². The number of halogens is 1. The number of hydrogen-bond acceptors (Lipinski definition) is 4. The number of hydrogen-bond donors (Lipinski definition) is 0. The van der Waals surface area contributed by atoms with Crippen molar-refractivity contribution in [2.45, 2.75) is 25.4 Å². The van der Waals surface area contributed by atoms with E-state index in [-0.39, 0.29) is 16.6 Å². The van der Waals surface area contributed by atoms with Gasteiger partial charge in [-0.2, -0.15) is 0 Å². The summed E-state index contributed by atoms with van der Waals surface area (Å²) in [6, 6.07) is 11.6. The molecule has 0 amide bonds. The number of benzene rings is 1. The molecule has 6 heteroatoms. The van der Waals surface area contributed by atoms with Crippen molar-refractivity contribution in [1.82, 2.24) is 9.55 Å². The maximum Gasteiger partial charge on any atom is 0.269 e.